The highest BCUT2D eigenvalue weighted by Gasteiger charge is 2.40. The molecule has 0 unspecified atom stereocenters. The Labute approximate surface area is 77.0 Å². The van der Waals surface area contributed by atoms with Crippen LogP contribution in [0.25, 0.3) is 0 Å². The smallest absolute Gasteiger partial charge is 0.149 e. The minimum Gasteiger partial charge on any atom is -0.396 e. The van der Waals surface area contributed by atoms with Gasteiger partial charge in [-0.05, 0) is 26.2 Å². The van der Waals surface area contributed by atoms with Crippen molar-refractivity contribution in [3.63, 3.8) is 0 Å². The molecule has 1 aromatic rings. The lowest BCUT2D eigenvalue weighted by atomic mass is 9.78. The number of nitrogens with two attached hydrogens (primary N) is 1. The van der Waals surface area contributed by atoms with Gasteiger partial charge in [0.15, 0.2) is 0 Å². The number of rotatable bonds is 1. The zero-order valence-electron chi connectivity index (χ0n) is 7.62. The molecule has 0 aromatic carbocycles. The van der Waals surface area contributed by atoms with E-state index in [0.29, 0.717) is 5.69 Å². The fourth-order valence-electron chi connectivity index (χ4n) is 1.74. The highest BCUT2D eigenvalue weighted by molar-refractivity contribution is 5.41. The molecule has 0 atom stereocenters. The summed E-state index contributed by atoms with van der Waals surface area (Å²) in [5, 5.41) is 13.2. The van der Waals surface area contributed by atoms with Gasteiger partial charge in [-0.3, -0.25) is 0 Å². The largest absolute Gasteiger partial charge is 0.396 e. The van der Waals surface area contributed by atoms with Gasteiger partial charge >= 0.3 is 0 Å². The van der Waals surface area contributed by atoms with Gasteiger partial charge in [-0.1, -0.05) is 0 Å². The van der Waals surface area contributed by atoms with Gasteiger partial charge in [-0.15, -0.1) is 0 Å². The van der Waals surface area contributed by atoms with E-state index in [9.17, 15) is 0 Å². The molecule has 1 aromatic heterocycles. The molecule has 0 radical (unpaired) electrons. The molecule has 4 nitrogen and oxygen atoms in total. The number of nitriles is 1. The second-order valence-electron chi connectivity index (χ2n) is 3.59. The highest BCUT2D eigenvalue weighted by atomic mass is 15.3. The van der Waals surface area contributed by atoms with Crippen LogP contribution >= 0.6 is 0 Å². The van der Waals surface area contributed by atoms with E-state index in [1.54, 1.807) is 10.9 Å². The predicted molar refractivity (Wildman–Crippen MR) is 48.8 cm³/mol. The van der Waals surface area contributed by atoms with Crippen LogP contribution in [0.1, 0.15) is 25.0 Å². The molecular formula is C9H12N4. The molecular weight excluding hydrogens is 164 g/mol. The molecule has 1 heterocycles. The summed E-state index contributed by atoms with van der Waals surface area (Å²) in [6.07, 6.45) is 4.51. The van der Waals surface area contributed by atoms with Crippen LogP contribution in [0.2, 0.25) is 0 Å². The molecule has 13 heavy (non-hydrogen) atoms. The topological polar surface area (TPSA) is 67.6 Å². The van der Waals surface area contributed by atoms with Gasteiger partial charge < -0.3 is 5.73 Å². The Hall–Kier alpha value is -1.50. The van der Waals surface area contributed by atoms with Crippen LogP contribution < -0.4 is 5.73 Å². The summed E-state index contributed by atoms with van der Waals surface area (Å²) in [6.45, 7) is 1.90. The fourth-order valence-corrected chi connectivity index (χ4v) is 1.74. The van der Waals surface area contributed by atoms with Crippen molar-refractivity contribution in [1.29, 1.82) is 5.26 Å². The third-order valence-corrected chi connectivity index (χ3v) is 2.84. The molecule has 0 spiro atoms. The Morgan fingerprint density at radius 1 is 1.69 bits per heavy atom. The molecule has 0 saturated heterocycles. The minimum atomic E-state index is -0.401. The summed E-state index contributed by atoms with van der Waals surface area (Å²) in [5.41, 5.74) is 6.85. The van der Waals surface area contributed by atoms with E-state index in [2.05, 4.69) is 11.2 Å². The maximum absolute atomic E-state index is 9.07. The van der Waals surface area contributed by atoms with E-state index in [1.165, 1.54) is 0 Å². The maximum Gasteiger partial charge on any atom is 0.149 e. The molecule has 0 aliphatic heterocycles. The van der Waals surface area contributed by atoms with E-state index < -0.39 is 5.54 Å². The van der Waals surface area contributed by atoms with Gasteiger partial charge in [0, 0.05) is 0 Å². The van der Waals surface area contributed by atoms with Crippen LogP contribution in [-0.2, 0) is 5.54 Å². The van der Waals surface area contributed by atoms with Gasteiger partial charge in [0.05, 0.1) is 23.6 Å². The van der Waals surface area contributed by atoms with E-state index in [-0.39, 0.29) is 0 Å². The molecule has 2 rings (SSSR count). The summed E-state index contributed by atoms with van der Waals surface area (Å²) in [4.78, 5) is 0. The van der Waals surface area contributed by atoms with Crippen molar-refractivity contribution in [2.75, 3.05) is 5.73 Å². The molecule has 1 aliphatic rings. The third kappa shape index (κ3) is 0.934. The van der Waals surface area contributed by atoms with Gasteiger partial charge in [-0.25, -0.2) is 4.68 Å². The van der Waals surface area contributed by atoms with E-state index in [1.807, 2.05) is 6.92 Å². The molecule has 1 aliphatic carbocycles. The Morgan fingerprint density at radius 2 is 2.38 bits per heavy atom. The Kier molecular flexibility index (Phi) is 1.56. The summed E-state index contributed by atoms with van der Waals surface area (Å²) >= 11 is 0. The lowest BCUT2D eigenvalue weighted by molar-refractivity contribution is 0.193. The highest BCUT2D eigenvalue weighted by Crippen LogP contribution is 2.39. The van der Waals surface area contributed by atoms with E-state index in [4.69, 9.17) is 11.0 Å². The van der Waals surface area contributed by atoms with Gasteiger partial charge in [-0.2, -0.15) is 10.4 Å². The standard InChI is InChI=1S/C9H12N4/c1-7-8(11)5-12-13(7)9(6-10)3-2-4-9/h5H,2-4,11H2,1H3. The zero-order chi connectivity index (χ0) is 9.47. The average molecular weight is 176 g/mol. The lowest BCUT2D eigenvalue weighted by Crippen LogP contribution is -2.40. The molecule has 1 saturated carbocycles. The van der Waals surface area contributed by atoms with Crippen LogP contribution in [0.3, 0.4) is 0 Å². The molecule has 0 bridgehead atoms. The van der Waals surface area contributed by atoms with Crippen LogP contribution in [0.15, 0.2) is 6.20 Å². The summed E-state index contributed by atoms with van der Waals surface area (Å²) < 4.78 is 1.77. The Bertz CT molecular complexity index is 367. The number of aromatic nitrogens is 2. The summed E-state index contributed by atoms with van der Waals surface area (Å²) in [6, 6.07) is 2.33. The van der Waals surface area contributed by atoms with Crippen LogP contribution in [0.5, 0.6) is 0 Å². The van der Waals surface area contributed by atoms with E-state index in [0.717, 1.165) is 25.0 Å². The first-order valence-corrected chi connectivity index (χ1v) is 4.41. The minimum absolute atomic E-state index is 0.401. The first kappa shape index (κ1) is 8.11. The van der Waals surface area contributed by atoms with Gasteiger partial charge in [0.25, 0.3) is 0 Å². The van der Waals surface area contributed by atoms with Crippen molar-refractivity contribution in [3.05, 3.63) is 11.9 Å². The second kappa shape index (κ2) is 2.49. The van der Waals surface area contributed by atoms with Crippen molar-refractivity contribution in [2.45, 2.75) is 31.7 Å². The normalized spacial score (nSPS) is 19.1. The fraction of sp³-hybridized carbons (Fsp3) is 0.556. The zero-order valence-corrected chi connectivity index (χ0v) is 7.62. The van der Waals surface area contributed by atoms with Crippen LogP contribution in [0.4, 0.5) is 5.69 Å². The Balaban J connectivity index is 2.46. The van der Waals surface area contributed by atoms with Gasteiger partial charge in [0.1, 0.15) is 5.54 Å². The molecule has 1 fully saturated rings. The lowest BCUT2D eigenvalue weighted by Gasteiger charge is -2.36. The van der Waals surface area contributed by atoms with Crippen molar-refractivity contribution in [2.24, 2.45) is 0 Å². The number of hydrogen-bond donors (Lipinski definition) is 1. The first-order chi connectivity index (χ1) is 6.19. The molecule has 68 valence electrons. The molecule has 4 heteroatoms. The number of nitrogens with zero attached hydrogens (tertiary/aromatic N) is 3. The number of nitrogen functional groups attached to an aromatic ring is 1. The van der Waals surface area contributed by atoms with Crippen molar-refractivity contribution >= 4 is 5.69 Å². The maximum atomic E-state index is 9.07. The quantitative estimate of drug-likeness (QED) is 0.698. The number of hydrogen-bond acceptors (Lipinski definition) is 3. The van der Waals surface area contributed by atoms with Crippen molar-refractivity contribution in [1.82, 2.24) is 9.78 Å². The molecule has 0 amide bonds. The monoisotopic (exact) mass is 176 g/mol. The SMILES string of the molecule is Cc1c(N)cnn1C1(C#N)CCC1. The van der Waals surface area contributed by atoms with Crippen LogP contribution in [-0.4, -0.2) is 9.78 Å². The van der Waals surface area contributed by atoms with E-state index >= 15 is 0 Å². The third-order valence-electron chi connectivity index (χ3n) is 2.84. The van der Waals surface area contributed by atoms with Gasteiger partial charge in [0.2, 0.25) is 0 Å². The molecule has 2 N–H and O–H groups in total. The predicted octanol–water partition coefficient (Wildman–Crippen LogP) is 1.18. The average Bonchev–Trinajstić information content (AvgIpc) is 2.35. The second-order valence-corrected chi connectivity index (χ2v) is 3.59. The first-order valence-electron chi connectivity index (χ1n) is 4.41. The Morgan fingerprint density at radius 3 is 2.69 bits per heavy atom. The van der Waals surface area contributed by atoms with Crippen molar-refractivity contribution in [3.8, 4) is 6.07 Å². The summed E-state index contributed by atoms with van der Waals surface area (Å²) in [5.74, 6) is 0. The van der Waals surface area contributed by atoms with Crippen LogP contribution in [0, 0.1) is 18.3 Å². The van der Waals surface area contributed by atoms with Crippen molar-refractivity contribution < 1.29 is 0 Å². The number of anilines is 1. The summed E-state index contributed by atoms with van der Waals surface area (Å²) in [7, 11) is 0.